The number of halogens is 3. The maximum absolute atomic E-state index is 13.1. The first-order valence-corrected chi connectivity index (χ1v) is 13.8. The van der Waals surface area contributed by atoms with Gasteiger partial charge in [0.1, 0.15) is 5.75 Å². The maximum atomic E-state index is 13.1. The Bertz CT molecular complexity index is 1270. The van der Waals surface area contributed by atoms with Gasteiger partial charge in [-0.3, -0.25) is 9.69 Å². The third-order valence-electron chi connectivity index (χ3n) is 7.90. The van der Waals surface area contributed by atoms with Gasteiger partial charge in [-0.25, -0.2) is 0 Å². The van der Waals surface area contributed by atoms with E-state index in [9.17, 15) is 18.0 Å². The van der Waals surface area contributed by atoms with Gasteiger partial charge < -0.3 is 9.64 Å². The van der Waals surface area contributed by atoms with E-state index in [1.807, 2.05) is 6.92 Å². The lowest BCUT2D eigenvalue weighted by atomic mass is 9.90. The van der Waals surface area contributed by atoms with Gasteiger partial charge in [0, 0.05) is 25.2 Å². The number of amides is 1. The number of carbonyl (C=O) groups is 1. The number of likely N-dealkylation sites (tertiary alicyclic amines) is 1. The van der Waals surface area contributed by atoms with Crippen LogP contribution in [0.15, 0.2) is 66.7 Å². The van der Waals surface area contributed by atoms with Crippen LogP contribution in [0.4, 0.5) is 13.2 Å². The van der Waals surface area contributed by atoms with Gasteiger partial charge in [0.25, 0.3) is 5.91 Å². The van der Waals surface area contributed by atoms with Crippen LogP contribution in [0.3, 0.4) is 0 Å². The summed E-state index contributed by atoms with van der Waals surface area (Å²) in [6.45, 7) is 5.93. The zero-order chi connectivity index (χ0) is 27.4. The molecule has 3 aromatic rings. The molecule has 39 heavy (non-hydrogen) atoms. The molecule has 0 unspecified atom stereocenters. The molecule has 1 fully saturated rings. The Balaban J connectivity index is 1.12. The second-order valence-corrected chi connectivity index (χ2v) is 10.9. The molecule has 1 saturated heterocycles. The highest BCUT2D eigenvalue weighted by atomic mass is 19.4. The lowest BCUT2D eigenvalue weighted by Crippen LogP contribution is -2.33. The van der Waals surface area contributed by atoms with Crippen LogP contribution >= 0.6 is 0 Å². The second-order valence-electron chi connectivity index (χ2n) is 10.9. The summed E-state index contributed by atoms with van der Waals surface area (Å²) in [5.74, 6) is 0.506. The highest BCUT2D eigenvalue weighted by Crippen LogP contribution is 2.31. The van der Waals surface area contributed by atoms with Crippen LogP contribution in [-0.2, 0) is 26.1 Å². The highest BCUT2D eigenvalue weighted by molar-refractivity contribution is 5.99. The van der Waals surface area contributed by atoms with Crippen LogP contribution in [-0.4, -0.2) is 35.2 Å². The Morgan fingerprint density at radius 1 is 0.897 bits per heavy atom. The standard InChI is InChI=1S/C32H35F3N2O2/c1-23-18-27(20-36-16-14-25(15-17-36)9-5-8-24-6-3-2-4-7-24)19-28-22-37(31(38)30(23)28)21-26-10-12-29(13-11-26)39-32(33,34)35/h2-4,6-7,10-13,18-19,25H,5,8-9,14-17,20-22H2,1H3. The second kappa shape index (κ2) is 11.8. The molecule has 2 heterocycles. The molecule has 0 N–H and O–H groups in total. The zero-order valence-electron chi connectivity index (χ0n) is 22.3. The summed E-state index contributed by atoms with van der Waals surface area (Å²) < 4.78 is 41.2. The van der Waals surface area contributed by atoms with E-state index in [0.29, 0.717) is 13.1 Å². The van der Waals surface area contributed by atoms with Crippen molar-refractivity contribution in [1.29, 1.82) is 0 Å². The monoisotopic (exact) mass is 536 g/mol. The number of carbonyl (C=O) groups excluding carboxylic acids is 1. The molecular weight excluding hydrogens is 501 g/mol. The predicted molar refractivity (Wildman–Crippen MR) is 145 cm³/mol. The topological polar surface area (TPSA) is 32.8 Å². The van der Waals surface area contributed by atoms with E-state index in [-0.39, 0.29) is 11.7 Å². The first kappa shape index (κ1) is 27.3. The van der Waals surface area contributed by atoms with Crippen molar-refractivity contribution in [2.24, 2.45) is 5.92 Å². The predicted octanol–water partition coefficient (Wildman–Crippen LogP) is 7.28. The normalized spacial score (nSPS) is 16.5. The fourth-order valence-electron chi connectivity index (χ4n) is 5.97. The number of aryl methyl sites for hydroxylation is 2. The van der Waals surface area contributed by atoms with E-state index >= 15 is 0 Å². The van der Waals surface area contributed by atoms with Crippen LogP contribution < -0.4 is 4.74 Å². The van der Waals surface area contributed by atoms with Crippen molar-refractivity contribution in [3.05, 3.63) is 100 Å². The molecule has 2 aliphatic rings. The Morgan fingerprint density at radius 2 is 1.62 bits per heavy atom. The van der Waals surface area contributed by atoms with Crippen LogP contribution in [0.25, 0.3) is 0 Å². The number of alkyl halides is 3. The summed E-state index contributed by atoms with van der Waals surface area (Å²) >= 11 is 0. The Hall–Kier alpha value is -3.32. The number of rotatable bonds is 9. The van der Waals surface area contributed by atoms with Crippen molar-refractivity contribution in [1.82, 2.24) is 9.80 Å². The van der Waals surface area contributed by atoms with Gasteiger partial charge >= 0.3 is 6.36 Å². The first-order valence-electron chi connectivity index (χ1n) is 13.8. The maximum Gasteiger partial charge on any atom is 0.573 e. The molecule has 3 aromatic carbocycles. The van der Waals surface area contributed by atoms with Gasteiger partial charge in [0.05, 0.1) is 0 Å². The van der Waals surface area contributed by atoms with Gasteiger partial charge in [-0.05, 0) is 91.6 Å². The fourth-order valence-corrected chi connectivity index (χ4v) is 5.97. The number of benzene rings is 3. The third-order valence-corrected chi connectivity index (χ3v) is 7.90. The summed E-state index contributed by atoms with van der Waals surface area (Å²) in [7, 11) is 0. The van der Waals surface area contributed by atoms with Gasteiger partial charge in [-0.2, -0.15) is 0 Å². The van der Waals surface area contributed by atoms with E-state index in [1.54, 1.807) is 17.0 Å². The molecule has 1 amide bonds. The summed E-state index contributed by atoms with van der Waals surface area (Å²) in [5, 5.41) is 0. The van der Waals surface area contributed by atoms with Crippen LogP contribution in [0.5, 0.6) is 5.75 Å². The molecule has 0 aromatic heterocycles. The quantitative estimate of drug-likeness (QED) is 0.288. The van der Waals surface area contributed by atoms with Gasteiger partial charge in [0.2, 0.25) is 0 Å². The minimum absolute atomic E-state index is 0.0269. The minimum Gasteiger partial charge on any atom is -0.406 e. The summed E-state index contributed by atoms with van der Waals surface area (Å²) in [5.41, 5.74) is 6.19. The number of piperidine rings is 1. The largest absolute Gasteiger partial charge is 0.573 e. The highest BCUT2D eigenvalue weighted by Gasteiger charge is 2.32. The molecule has 7 heteroatoms. The van der Waals surface area contributed by atoms with E-state index in [1.165, 1.54) is 48.9 Å². The molecule has 0 radical (unpaired) electrons. The molecule has 206 valence electrons. The van der Waals surface area contributed by atoms with E-state index in [0.717, 1.165) is 54.2 Å². The van der Waals surface area contributed by atoms with Crippen molar-refractivity contribution in [3.8, 4) is 5.75 Å². The van der Waals surface area contributed by atoms with Gasteiger partial charge in [-0.1, -0.05) is 61.0 Å². The van der Waals surface area contributed by atoms with Crippen LogP contribution in [0, 0.1) is 12.8 Å². The average molecular weight is 537 g/mol. The molecule has 0 bridgehead atoms. The lowest BCUT2D eigenvalue weighted by molar-refractivity contribution is -0.274. The SMILES string of the molecule is Cc1cc(CN2CCC(CCCc3ccccc3)CC2)cc2c1C(=O)N(Cc1ccc(OC(F)(F)F)cc1)C2. The fraction of sp³-hybridized carbons (Fsp3) is 0.406. The molecule has 2 aliphatic heterocycles. The Kier molecular flexibility index (Phi) is 8.26. The molecule has 4 nitrogen and oxygen atoms in total. The van der Waals surface area contributed by atoms with Crippen molar-refractivity contribution in [2.75, 3.05) is 13.1 Å². The van der Waals surface area contributed by atoms with Gasteiger partial charge in [0.15, 0.2) is 0 Å². The number of nitrogens with zero attached hydrogens (tertiary/aromatic N) is 2. The third kappa shape index (κ3) is 7.21. The van der Waals surface area contributed by atoms with Crippen LogP contribution in [0.2, 0.25) is 0 Å². The molecule has 0 aliphatic carbocycles. The minimum atomic E-state index is -4.72. The van der Waals surface area contributed by atoms with Gasteiger partial charge in [-0.15, -0.1) is 13.2 Å². The van der Waals surface area contributed by atoms with E-state index in [2.05, 4.69) is 52.1 Å². The molecule has 0 saturated carbocycles. The van der Waals surface area contributed by atoms with Crippen molar-refractivity contribution in [2.45, 2.75) is 65.0 Å². The summed E-state index contributed by atoms with van der Waals surface area (Å²) in [6.07, 6.45) is 1.44. The number of hydrogen-bond donors (Lipinski definition) is 0. The molecule has 0 atom stereocenters. The molecule has 5 rings (SSSR count). The number of fused-ring (bicyclic) bond motifs is 1. The zero-order valence-corrected chi connectivity index (χ0v) is 22.3. The lowest BCUT2D eigenvalue weighted by Gasteiger charge is -2.32. The van der Waals surface area contributed by atoms with Crippen molar-refractivity contribution < 1.29 is 22.7 Å². The molecular formula is C32H35F3N2O2. The number of ether oxygens (including phenoxy) is 1. The van der Waals surface area contributed by atoms with E-state index in [4.69, 9.17) is 0 Å². The molecule has 0 spiro atoms. The summed E-state index contributed by atoms with van der Waals surface area (Å²) in [4.78, 5) is 17.4. The Morgan fingerprint density at radius 3 is 2.31 bits per heavy atom. The average Bonchev–Trinajstić information content (AvgIpc) is 3.21. The van der Waals surface area contributed by atoms with Crippen molar-refractivity contribution >= 4 is 5.91 Å². The van der Waals surface area contributed by atoms with Crippen molar-refractivity contribution in [3.63, 3.8) is 0 Å². The van der Waals surface area contributed by atoms with Crippen LogP contribution in [0.1, 0.15) is 63.9 Å². The first-order chi connectivity index (χ1) is 18.7. The van der Waals surface area contributed by atoms with E-state index < -0.39 is 6.36 Å². The number of hydrogen-bond acceptors (Lipinski definition) is 3. The summed E-state index contributed by atoms with van der Waals surface area (Å²) in [6, 6.07) is 20.7. The smallest absolute Gasteiger partial charge is 0.406 e. The Labute approximate surface area is 228 Å².